The first-order chi connectivity index (χ1) is 39.1. The van der Waals surface area contributed by atoms with E-state index in [2.05, 4.69) is 277 Å². The highest BCUT2D eigenvalue weighted by Gasteiger charge is 2.52. The second kappa shape index (κ2) is 18.1. The third-order valence-electron chi connectivity index (χ3n) is 18.5. The highest BCUT2D eigenvalue weighted by Crippen LogP contribution is 2.64. The van der Waals surface area contributed by atoms with Gasteiger partial charge in [-0.25, -0.2) is 19.9 Å². The Hall–Kier alpha value is -8.34. The van der Waals surface area contributed by atoms with Crippen molar-refractivity contribution in [2.75, 3.05) is 0 Å². The second-order valence-electron chi connectivity index (χ2n) is 28.2. The highest BCUT2D eigenvalue weighted by atomic mass is 15.0. The predicted octanol–water partition coefficient (Wildman–Crippen LogP) is 20.3. The maximum Gasteiger partial charge on any atom is 0.164 e. The number of benzene rings is 9. The van der Waals surface area contributed by atoms with Crippen LogP contribution in [0, 0.1) is 10.8 Å². The molecule has 3 aliphatic rings. The van der Waals surface area contributed by atoms with Crippen molar-refractivity contribution >= 4 is 21.7 Å². The molecule has 11 aromatic rings. The van der Waals surface area contributed by atoms with E-state index in [1.165, 1.54) is 88.7 Å². The molecule has 3 aliphatic carbocycles. The van der Waals surface area contributed by atoms with E-state index in [0.717, 1.165) is 51.7 Å². The Morgan fingerprint density at radius 2 is 0.841 bits per heavy atom. The number of hydrogen-bond acceptors (Lipinski definition) is 4. The minimum absolute atomic E-state index is 0.0210. The molecule has 4 nitrogen and oxygen atoms in total. The lowest BCUT2D eigenvalue weighted by Gasteiger charge is -2.33. The van der Waals surface area contributed by atoms with Crippen molar-refractivity contribution in [3.8, 4) is 78.8 Å². The monoisotopic (exact) mass is 1060 g/mol. The second-order valence-corrected chi connectivity index (χ2v) is 28.2. The van der Waals surface area contributed by atoms with Crippen molar-refractivity contribution in [1.82, 2.24) is 19.9 Å². The smallest absolute Gasteiger partial charge is 0.164 e. The molecule has 0 saturated carbocycles. The van der Waals surface area contributed by atoms with Gasteiger partial charge >= 0.3 is 0 Å². The molecular formula is C78H72N4. The lowest BCUT2D eigenvalue weighted by Crippen LogP contribution is -2.25. The third kappa shape index (κ3) is 8.14. The average molecular weight is 1070 g/mol. The van der Waals surface area contributed by atoms with Gasteiger partial charge in [-0.05, 0) is 147 Å². The van der Waals surface area contributed by atoms with Crippen molar-refractivity contribution in [2.24, 2.45) is 10.8 Å². The summed E-state index contributed by atoms with van der Waals surface area (Å²) in [5.41, 5.74) is 23.2. The fourth-order valence-corrected chi connectivity index (χ4v) is 15.6. The summed E-state index contributed by atoms with van der Waals surface area (Å²) in [4.78, 5) is 22.3. The van der Waals surface area contributed by atoms with Crippen molar-refractivity contribution in [3.63, 3.8) is 0 Å². The van der Waals surface area contributed by atoms with Gasteiger partial charge in [0.25, 0.3) is 0 Å². The number of hydrogen-bond donors (Lipinski definition) is 0. The first-order valence-corrected chi connectivity index (χ1v) is 29.5. The Labute approximate surface area is 484 Å². The zero-order valence-electron chi connectivity index (χ0n) is 49.7. The van der Waals surface area contributed by atoms with Gasteiger partial charge in [-0.2, -0.15) is 0 Å². The van der Waals surface area contributed by atoms with Gasteiger partial charge in [-0.1, -0.05) is 253 Å². The van der Waals surface area contributed by atoms with Crippen LogP contribution in [0.1, 0.15) is 140 Å². The number of fused-ring (bicyclic) bond motifs is 16. The van der Waals surface area contributed by atoms with Crippen LogP contribution in [0.3, 0.4) is 0 Å². The Kier molecular flexibility index (Phi) is 11.4. The highest BCUT2D eigenvalue weighted by molar-refractivity contribution is 6.07. The Balaban J connectivity index is 1.01. The van der Waals surface area contributed by atoms with Gasteiger partial charge in [0, 0.05) is 33.1 Å². The minimum atomic E-state index is -0.540. The van der Waals surface area contributed by atoms with Crippen LogP contribution in [0.2, 0.25) is 0 Å². The summed E-state index contributed by atoms with van der Waals surface area (Å²) in [6, 6.07) is 72.7. The molecule has 4 heteroatoms. The van der Waals surface area contributed by atoms with Crippen LogP contribution < -0.4 is 0 Å². The van der Waals surface area contributed by atoms with Crippen molar-refractivity contribution in [3.05, 3.63) is 239 Å². The first kappa shape index (κ1) is 51.8. The number of rotatable bonds is 8. The van der Waals surface area contributed by atoms with E-state index in [1.807, 2.05) is 0 Å². The molecule has 0 aliphatic heterocycles. The molecule has 1 spiro atoms. The normalized spacial score (nSPS) is 14.6. The van der Waals surface area contributed by atoms with Crippen LogP contribution in [0.15, 0.2) is 194 Å². The van der Waals surface area contributed by atoms with E-state index in [9.17, 15) is 0 Å². The molecule has 0 bridgehead atoms. The molecule has 2 aromatic heterocycles. The van der Waals surface area contributed by atoms with Gasteiger partial charge in [-0.3, -0.25) is 0 Å². The van der Waals surface area contributed by atoms with Gasteiger partial charge in [-0.15, -0.1) is 0 Å². The number of pyridine rings is 1. The van der Waals surface area contributed by atoms with Crippen LogP contribution in [-0.2, 0) is 21.7 Å². The quantitative estimate of drug-likeness (QED) is 0.152. The SMILES string of the molecule is CC(C)(C)CC(C)(C)c1ccc(-c2nc(-c3ccc(C(C)(C)CC(C)(C)C)cc3)nc(-c3cc(-c4ccc5c(c4)C4(c6ccccc6-c6ccccc64)c4ccc6ccccc6c4-5)nc4cc5c(cc34)-c3ccccc3C5(C)C)n2)cc1. The van der Waals surface area contributed by atoms with E-state index in [1.54, 1.807) is 0 Å². The van der Waals surface area contributed by atoms with E-state index in [-0.39, 0.29) is 27.1 Å². The molecule has 82 heavy (non-hydrogen) atoms. The lowest BCUT2D eigenvalue weighted by atomic mass is 9.70. The van der Waals surface area contributed by atoms with Crippen LogP contribution in [0.25, 0.3) is 100 Å². The first-order valence-electron chi connectivity index (χ1n) is 29.5. The molecule has 2 heterocycles. The van der Waals surface area contributed by atoms with Crippen LogP contribution in [-0.4, -0.2) is 19.9 Å². The van der Waals surface area contributed by atoms with Gasteiger partial charge in [0.05, 0.1) is 16.6 Å². The summed E-state index contributed by atoms with van der Waals surface area (Å²) in [7, 11) is 0. The topological polar surface area (TPSA) is 51.6 Å². The van der Waals surface area contributed by atoms with Gasteiger partial charge in [0.2, 0.25) is 0 Å². The molecule has 0 N–H and O–H groups in total. The van der Waals surface area contributed by atoms with Crippen LogP contribution in [0.5, 0.6) is 0 Å². The van der Waals surface area contributed by atoms with Gasteiger partial charge in [0.1, 0.15) is 0 Å². The molecule has 404 valence electrons. The summed E-state index contributed by atoms with van der Waals surface area (Å²) < 4.78 is 0. The van der Waals surface area contributed by atoms with Crippen LogP contribution in [0.4, 0.5) is 0 Å². The van der Waals surface area contributed by atoms with Gasteiger partial charge in [0.15, 0.2) is 17.5 Å². The summed E-state index contributed by atoms with van der Waals surface area (Å²) in [5.74, 6) is 1.89. The maximum atomic E-state index is 5.77. The molecule has 0 unspecified atom stereocenters. The molecule has 14 rings (SSSR count). The predicted molar refractivity (Wildman–Crippen MR) is 342 cm³/mol. The summed E-state index contributed by atoms with van der Waals surface area (Å²) in [6.07, 6.45) is 2.11. The zero-order valence-corrected chi connectivity index (χ0v) is 49.7. The Bertz CT molecular complexity index is 4290. The van der Waals surface area contributed by atoms with Crippen molar-refractivity contribution in [1.29, 1.82) is 0 Å². The van der Waals surface area contributed by atoms with Crippen molar-refractivity contribution in [2.45, 2.75) is 118 Å². The largest absolute Gasteiger partial charge is 0.248 e. The summed E-state index contributed by atoms with van der Waals surface area (Å²) >= 11 is 0. The molecule has 9 aromatic carbocycles. The fourth-order valence-electron chi connectivity index (χ4n) is 15.6. The Morgan fingerprint density at radius 3 is 1.41 bits per heavy atom. The lowest BCUT2D eigenvalue weighted by molar-refractivity contribution is 0.283. The standard InChI is InChI=1S/C78H72N4/c1-73(2,3)45-75(7,8)51-35-29-48(30-36-51)70-80-71(49-31-37-52(38-32-49)76(9,10)46-74(4,5)6)82-72(81-70)60-43-67(79-68-44-65-58(42-59(60)68)56-25-15-18-26-61(56)77(65,11)12)50-33-39-57-66(41-50)78(64-40-34-47-21-13-14-22-53(47)69(57)64)62-27-19-16-23-54(62)55-24-17-20-28-63(55)78/h13-44H,45-46H2,1-12H3. The molecule has 0 saturated heterocycles. The Morgan fingerprint density at radius 1 is 0.341 bits per heavy atom. The molecule has 0 fully saturated rings. The minimum Gasteiger partial charge on any atom is -0.248 e. The third-order valence-corrected chi connectivity index (χ3v) is 18.5. The fraction of sp³-hybridized carbons (Fsp3) is 0.256. The summed E-state index contributed by atoms with van der Waals surface area (Å²) in [5, 5.41) is 3.51. The summed E-state index contributed by atoms with van der Waals surface area (Å²) in [6.45, 7) is 28.1. The molecule has 0 radical (unpaired) electrons. The van der Waals surface area contributed by atoms with Gasteiger partial charge < -0.3 is 0 Å². The molecule has 0 atom stereocenters. The maximum absolute atomic E-state index is 5.77. The van der Waals surface area contributed by atoms with E-state index >= 15 is 0 Å². The van der Waals surface area contributed by atoms with E-state index < -0.39 is 5.41 Å². The number of nitrogens with zero attached hydrogens (tertiary/aromatic N) is 4. The molecule has 0 amide bonds. The number of aromatic nitrogens is 4. The van der Waals surface area contributed by atoms with Crippen LogP contribution >= 0.6 is 0 Å². The zero-order chi connectivity index (χ0) is 56.9. The van der Waals surface area contributed by atoms with E-state index in [0.29, 0.717) is 17.5 Å². The van der Waals surface area contributed by atoms with Crippen molar-refractivity contribution < 1.29 is 0 Å². The average Bonchev–Trinajstić information content (AvgIpc) is 1.70. The molecular weight excluding hydrogens is 993 g/mol. The van der Waals surface area contributed by atoms with E-state index in [4.69, 9.17) is 19.9 Å².